The van der Waals surface area contributed by atoms with Crippen LogP contribution in [-0.2, 0) is 6.61 Å². The van der Waals surface area contributed by atoms with Crippen molar-refractivity contribution in [3.05, 3.63) is 70.0 Å². The first-order chi connectivity index (χ1) is 8.66. The van der Waals surface area contributed by atoms with Gasteiger partial charge in [0.1, 0.15) is 6.61 Å². The molecule has 0 saturated heterocycles. The van der Waals surface area contributed by atoms with Crippen molar-refractivity contribution >= 4 is 5.69 Å². The Morgan fingerprint density at radius 1 is 1.17 bits per heavy atom. The second-order valence-electron chi connectivity index (χ2n) is 3.65. The molecule has 5 heteroatoms. The molecule has 18 heavy (non-hydrogen) atoms. The van der Waals surface area contributed by atoms with Crippen molar-refractivity contribution in [2.75, 3.05) is 0 Å². The summed E-state index contributed by atoms with van der Waals surface area (Å²) < 4.78 is 18.5. The monoisotopic (exact) mass is 247 g/mol. The smallest absolute Gasteiger partial charge is 0.269 e. The molecule has 0 N–H and O–H groups in total. The molecule has 0 aromatic heterocycles. The zero-order chi connectivity index (χ0) is 13.0. The fraction of sp³-hybridized carbons (Fsp3) is 0.0769. The number of nitrogens with zero attached hydrogens (tertiary/aromatic N) is 1. The summed E-state index contributed by atoms with van der Waals surface area (Å²) in [7, 11) is 0. The standard InChI is InChI=1S/C13H10FNO3/c14-12-6-1-2-7-13(12)18-9-10-4-3-5-11(8-10)15(16)17/h1-8H,9H2. The second-order valence-corrected chi connectivity index (χ2v) is 3.65. The summed E-state index contributed by atoms with van der Waals surface area (Å²) >= 11 is 0. The maximum atomic E-state index is 13.3. The third-order valence-corrected chi connectivity index (χ3v) is 2.35. The van der Waals surface area contributed by atoms with E-state index in [1.54, 1.807) is 24.3 Å². The minimum atomic E-state index is -0.480. The number of para-hydroxylation sites is 1. The van der Waals surface area contributed by atoms with Crippen molar-refractivity contribution in [3.63, 3.8) is 0 Å². The third-order valence-electron chi connectivity index (χ3n) is 2.35. The van der Waals surface area contributed by atoms with E-state index in [0.29, 0.717) is 5.56 Å². The average molecular weight is 247 g/mol. The van der Waals surface area contributed by atoms with E-state index in [1.165, 1.54) is 24.3 Å². The molecule has 0 amide bonds. The van der Waals surface area contributed by atoms with Crippen LogP contribution in [0.1, 0.15) is 5.56 Å². The van der Waals surface area contributed by atoms with Crippen LogP contribution < -0.4 is 4.74 Å². The van der Waals surface area contributed by atoms with Gasteiger partial charge in [0.15, 0.2) is 11.6 Å². The van der Waals surface area contributed by atoms with E-state index in [9.17, 15) is 14.5 Å². The highest BCUT2D eigenvalue weighted by Crippen LogP contribution is 2.19. The Morgan fingerprint density at radius 2 is 1.94 bits per heavy atom. The maximum Gasteiger partial charge on any atom is 0.269 e. The molecule has 92 valence electrons. The molecule has 0 aliphatic rings. The van der Waals surface area contributed by atoms with Crippen LogP contribution in [0.4, 0.5) is 10.1 Å². The Hall–Kier alpha value is -2.43. The minimum absolute atomic E-state index is 0.00960. The van der Waals surface area contributed by atoms with E-state index in [2.05, 4.69) is 0 Å². The zero-order valence-corrected chi connectivity index (χ0v) is 9.38. The van der Waals surface area contributed by atoms with Gasteiger partial charge in [-0.15, -0.1) is 0 Å². The fourth-order valence-electron chi connectivity index (χ4n) is 1.48. The predicted octanol–water partition coefficient (Wildman–Crippen LogP) is 3.31. The first-order valence-corrected chi connectivity index (χ1v) is 5.27. The van der Waals surface area contributed by atoms with Crippen LogP contribution in [0.3, 0.4) is 0 Å². The van der Waals surface area contributed by atoms with E-state index in [-0.39, 0.29) is 18.0 Å². The van der Waals surface area contributed by atoms with E-state index in [0.717, 1.165) is 0 Å². The molecule has 2 rings (SSSR count). The molecular formula is C13H10FNO3. The van der Waals surface area contributed by atoms with E-state index in [4.69, 9.17) is 4.74 Å². The number of hydrogen-bond acceptors (Lipinski definition) is 3. The summed E-state index contributed by atoms with van der Waals surface area (Å²) in [6, 6.07) is 12.1. The van der Waals surface area contributed by atoms with Gasteiger partial charge < -0.3 is 4.74 Å². The van der Waals surface area contributed by atoms with Crippen LogP contribution in [0.2, 0.25) is 0 Å². The van der Waals surface area contributed by atoms with Crippen molar-refractivity contribution < 1.29 is 14.1 Å². The second kappa shape index (κ2) is 5.27. The van der Waals surface area contributed by atoms with Crippen LogP contribution >= 0.6 is 0 Å². The van der Waals surface area contributed by atoms with Gasteiger partial charge in [0.05, 0.1) is 4.92 Å². The molecule has 0 bridgehead atoms. The van der Waals surface area contributed by atoms with E-state index >= 15 is 0 Å². The number of hydrogen-bond donors (Lipinski definition) is 0. The Bertz CT molecular complexity index is 572. The molecule has 0 atom stereocenters. The van der Waals surface area contributed by atoms with Crippen molar-refractivity contribution in [3.8, 4) is 5.75 Å². The van der Waals surface area contributed by atoms with Gasteiger partial charge in [0, 0.05) is 12.1 Å². The third kappa shape index (κ3) is 2.82. The van der Waals surface area contributed by atoms with Crippen molar-refractivity contribution in [2.24, 2.45) is 0 Å². The number of nitro benzene ring substituents is 1. The van der Waals surface area contributed by atoms with Gasteiger partial charge in [-0.3, -0.25) is 10.1 Å². The van der Waals surface area contributed by atoms with Gasteiger partial charge in [-0.1, -0.05) is 24.3 Å². The van der Waals surface area contributed by atoms with Crippen LogP contribution in [-0.4, -0.2) is 4.92 Å². The van der Waals surface area contributed by atoms with Gasteiger partial charge in [-0.2, -0.15) is 0 Å². The van der Waals surface area contributed by atoms with Crippen molar-refractivity contribution in [2.45, 2.75) is 6.61 Å². The number of benzene rings is 2. The number of non-ortho nitro benzene ring substituents is 1. The Labute approximate surface area is 103 Å². The van der Waals surface area contributed by atoms with E-state index in [1.807, 2.05) is 0 Å². The number of rotatable bonds is 4. The lowest BCUT2D eigenvalue weighted by Crippen LogP contribution is -1.98. The topological polar surface area (TPSA) is 52.4 Å². The summed E-state index contributed by atoms with van der Waals surface area (Å²) in [5.74, 6) is -0.327. The molecule has 2 aromatic carbocycles. The number of nitro groups is 1. The molecule has 0 aliphatic carbocycles. The highest BCUT2D eigenvalue weighted by molar-refractivity contribution is 5.34. The van der Waals surface area contributed by atoms with Crippen LogP contribution in [0.25, 0.3) is 0 Å². The zero-order valence-electron chi connectivity index (χ0n) is 9.38. The lowest BCUT2D eigenvalue weighted by Gasteiger charge is -2.06. The normalized spacial score (nSPS) is 10.1. The number of ether oxygens (including phenoxy) is 1. The van der Waals surface area contributed by atoms with Crippen LogP contribution in [0.15, 0.2) is 48.5 Å². The Balaban J connectivity index is 2.09. The molecule has 0 fully saturated rings. The highest BCUT2D eigenvalue weighted by atomic mass is 19.1. The summed E-state index contributed by atoms with van der Waals surface area (Å²) in [4.78, 5) is 10.1. The molecule has 0 unspecified atom stereocenters. The van der Waals surface area contributed by atoms with Gasteiger partial charge in [0.25, 0.3) is 5.69 Å². The lowest BCUT2D eigenvalue weighted by molar-refractivity contribution is -0.384. The summed E-state index contributed by atoms with van der Waals surface area (Å²) in [5, 5.41) is 10.6. The van der Waals surface area contributed by atoms with Crippen molar-refractivity contribution in [1.82, 2.24) is 0 Å². The highest BCUT2D eigenvalue weighted by Gasteiger charge is 2.07. The van der Waals surface area contributed by atoms with Crippen molar-refractivity contribution in [1.29, 1.82) is 0 Å². The molecule has 0 saturated carbocycles. The molecule has 0 heterocycles. The van der Waals surface area contributed by atoms with Crippen LogP contribution in [0.5, 0.6) is 5.75 Å². The van der Waals surface area contributed by atoms with Crippen LogP contribution in [0, 0.1) is 15.9 Å². The summed E-state index contributed by atoms with van der Waals surface area (Å²) in [6.07, 6.45) is 0. The van der Waals surface area contributed by atoms with Gasteiger partial charge in [-0.25, -0.2) is 4.39 Å². The van der Waals surface area contributed by atoms with Gasteiger partial charge in [0.2, 0.25) is 0 Å². The summed E-state index contributed by atoms with van der Waals surface area (Å²) in [6.45, 7) is 0.0859. The molecule has 0 radical (unpaired) electrons. The average Bonchev–Trinajstić information content (AvgIpc) is 2.38. The molecule has 0 aliphatic heterocycles. The predicted molar refractivity (Wildman–Crippen MR) is 63.8 cm³/mol. The van der Waals surface area contributed by atoms with Gasteiger partial charge >= 0.3 is 0 Å². The lowest BCUT2D eigenvalue weighted by atomic mass is 10.2. The quantitative estimate of drug-likeness (QED) is 0.615. The number of halogens is 1. The SMILES string of the molecule is O=[N+]([O-])c1cccc(COc2ccccc2F)c1. The minimum Gasteiger partial charge on any atom is -0.486 e. The first-order valence-electron chi connectivity index (χ1n) is 5.27. The molecule has 0 spiro atoms. The van der Waals surface area contributed by atoms with E-state index < -0.39 is 10.7 Å². The fourth-order valence-corrected chi connectivity index (χ4v) is 1.48. The largest absolute Gasteiger partial charge is 0.486 e. The Morgan fingerprint density at radius 3 is 2.67 bits per heavy atom. The molecular weight excluding hydrogens is 237 g/mol. The molecule has 2 aromatic rings. The van der Waals surface area contributed by atoms with Gasteiger partial charge in [-0.05, 0) is 17.7 Å². The summed E-state index contributed by atoms with van der Waals surface area (Å²) in [5.41, 5.74) is 0.608. The molecule has 4 nitrogen and oxygen atoms in total. The first kappa shape index (κ1) is 12.0. The Kier molecular flexibility index (Phi) is 3.52. The maximum absolute atomic E-state index is 13.3.